The summed E-state index contributed by atoms with van der Waals surface area (Å²) >= 11 is 0. The number of para-hydroxylation sites is 1. The van der Waals surface area contributed by atoms with E-state index in [0.717, 1.165) is 16.3 Å². The summed E-state index contributed by atoms with van der Waals surface area (Å²) in [7, 11) is 1.62. The first-order valence-electron chi connectivity index (χ1n) is 9.71. The van der Waals surface area contributed by atoms with E-state index in [9.17, 15) is 14.7 Å². The topological polar surface area (TPSA) is 81.7 Å². The van der Waals surface area contributed by atoms with Crippen LogP contribution in [0.3, 0.4) is 0 Å². The molecule has 0 bridgehead atoms. The number of carbonyl (C=O) groups excluding carboxylic acids is 2. The second-order valence-corrected chi connectivity index (χ2v) is 7.43. The number of aryl methyl sites for hydroxylation is 1. The number of phenols is 1. The summed E-state index contributed by atoms with van der Waals surface area (Å²) in [6.45, 7) is 3.65. The lowest BCUT2D eigenvalue weighted by atomic mass is 9.89. The van der Waals surface area contributed by atoms with E-state index in [0.29, 0.717) is 22.5 Å². The van der Waals surface area contributed by atoms with Gasteiger partial charge in [-0.05, 0) is 42.3 Å². The standard InChI is InChI=1S/C24H23N3O3/c1-14-8-4-7-11-18(14)25-23(29)20-15(2)27(3)24(30)26-22(20)21-17-10-6-5-9-16(17)12-13-19(21)28/h4-13,22,28H,1-3H3,(H,25,29)(H,26,30)/t22-/m1/s1. The van der Waals surface area contributed by atoms with E-state index in [2.05, 4.69) is 10.6 Å². The highest BCUT2D eigenvalue weighted by molar-refractivity contribution is 6.08. The predicted octanol–water partition coefficient (Wildman–Crippen LogP) is 4.46. The van der Waals surface area contributed by atoms with Crippen LogP contribution in [-0.2, 0) is 4.79 Å². The van der Waals surface area contributed by atoms with Gasteiger partial charge in [0.2, 0.25) is 0 Å². The number of amides is 3. The van der Waals surface area contributed by atoms with E-state index in [1.54, 1.807) is 20.0 Å². The van der Waals surface area contributed by atoms with Crippen molar-refractivity contribution in [3.8, 4) is 5.75 Å². The Morgan fingerprint density at radius 3 is 2.50 bits per heavy atom. The number of nitrogens with one attached hydrogen (secondary N) is 2. The first-order valence-corrected chi connectivity index (χ1v) is 9.71. The summed E-state index contributed by atoms with van der Waals surface area (Å²) in [6.07, 6.45) is 0. The second-order valence-electron chi connectivity index (χ2n) is 7.43. The molecule has 0 radical (unpaired) electrons. The van der Waals surface area contributed by atoms with E-state index >= 15 is 0 Å². The summed E-state index contributed by atoms with van der Waals surface area (Å²) in [4.78, 5) is 27.4. The normalized spacial score (nSPS) is 16.6. The molecule has 0 aliphatic carbocycles. The number of hydrogen-bond acceptors (Lipinski definition) is 3. The number of fused-ring (bicyclic) bond motifs is 1. The molecule has 1 aliphatic heterocycles. The average molecular weight is 401 g/mol. The van der Waals surface area contributed by atoms with E-state index < -0.39 is 6.04 Å². The molecule has 0 aromatic heterocycles. The fraction of sp³-hybridized carbons (Fsp3) is 0.167. The second kappa shape index (κ2) is 7.55. The maximum atomic E-state index is 13.4. The van der Waals surface area contributed by atoms with E-state index in [1.807, 2.05) is 61.5 Å². The molecule has 152 valence electrons. The molecule has 3 aromatic carbocycles. The van der Waals surface area contributed by atoms with Crippen molar-refractivity contribution >= 4 is 28.4 Å². The molecule has 1 aliphatic rings. The summed E-state index contributed by atoms with van der Waals surface area (Å²) in [6, 6.07) is 17.4. The Hall–Kier alpha value is -3.80. The van der Waals surface area contributed by atoms with Gasteiger partial charge in [-0.15, -0.1) is 0 Å². The molecular weight excluding hydrogens is 378 g/mol. The van der Waals surface area contributed by atoms with Gasteiger partial charge >= 0.3 is 6.03 Å². The average Bonchev–Trinajstić information content (AvgIpc) is 2.73. The van der Waals surface area contributed by atoms with Gasteiger partial charge in [0.1, 0.15) is 5.75 Å². The van der Waals surface area contributed by atoms with Crippen molar-refractivity contribution in [3.05, 3.63) is 83.1 Å². The zero-order valence-electron chi connectivity index (χ0n) is 17.1. The minimum atomic E-state index is -0.788. The van der Waals surface area contributed by atoms with Crippen LogP contribution in [0.4, 0.5) is 10.5 Å². The summed E-state index contributed by atoms with van der Waals surface area (Å²) < 4.78 is 0. The highest BCUT2D eigenvalue weighted by Gasteiger charge is 2.36. The van der Waals surface area contributed by atoms with Crippen LogP contribution in [0.5, 0.6) is 5.75 Å². The number of hydrogen-bond donors (Lipinski definition) is 3. The van der Waals surface area contributed by atoms with E-state index in [1.165, 1.54) is 4.90 Å². The first kappa shape index (κ1) is 19.5. The van der Waals surface area contributed by atoms with Gasteiger partial charge in [0.15, 0.2) is 0 Å². The molecular formula is C24H23N3O3. The zero-order chi connectivity index (χ0) is 21.4. The molecule has 3 amide bonds. The highest BCUT2D eigenvalue weighted by Crippen LogP contribution is 2.39. The van der Waals surface area contributed by atoms with Gasteiger partial charge in [0.25, 0.3) is 5.91 Å². The Labute approximate surface area is 174 Å². The molecule has 6 nitrogen and oxygen atoms in total. The van der Waals surface area contributed by atoms with Gasteiger partial charge in [-0.2, -0.15) is 0 Å². The number of anilines is 1. The lowest BCUT2D eigenvalue weighted by Crippen LogP contribution is -2.46. The highest BCUT2D eigenvalue weighted by atomic mass is 16.3. The molecule has 4 rings (SSSR count). The smallest absolute Gasteiger partial charge is 0.322 e. The van der Waals surface area contributed by atoms with Crippen molar-refractivity contribution in [2.75, 3.05) is 12.4 Å². The summed E-state index contributed by atoms with van der Waals surface area (Å²) in [5, 5.41) is 18.2. The van der Waals surface area contributed by atoms with Crippen LogP contribution in [-0.4, -0.2) is 29.0 Å². The quantitative estimate of drug-likeness (QED) is 0.606. The molecule has 0 saturated heterocycles. The fourth-order valence-electron chi connectivity index (χ4n) is 3.84. The lowest BCUT2D eigenvalue weighted by Gasteiger charge is -2.34. The Morgan fingerprint density at radius 1 is 1.03 bits per heavy atom. The van der Waals surface area contributed by atoms with Crippen LogP contribution >= 0.6 is 0 Å². The monoisotopic (exact) mass is 401 g/mol. The molecule has 3 aromatic rings. The Kier molecular flexibility index (Phi) is 4.91. The number of nitrogens with zero attached hydrogens (tertiary/aromatic N) is 1. The number of benzene rings is 3. The maximum Gasteiger partial charge on any atom is 0.322 e. The van der Waals surface area contributed by atoms with Gasteiger partial charge in [0.05, 0.1) is 11.6 Å². The lowest BCUT2D eigenvalue weighted by molar-refractivity contribution is -0.113. The van der Waals surface area contributed by atoms with Crippen LogP contribution in [0.1, 0.15) is 24.1 Å². The summed E-state index contributed by atoms with van der Waals surface area (Å²) in [5.41, 5.74) is 3.04. The maximum absolute atomic E-state index is 13.4. The van der Waals surface area contributed by atoms with Gasteiger partial charge in [-0.1, -0.05) is 48.5 Å². The zero-order valence-corrected chi connectivity index (χ0v) is 17.1. The molecule has 0 saturated carbocycles. The number of aromatic hydroxyl groups is 1. The Balaban J connectivity index is 1.87. The van der Waals surface area contributed by atoms with Gasteiger partial charge in [-0.25, -0.2) is 4.79 Å². The van der Waals surface area contributed by atoms with Gasteiger partial charge in [0, 0.05) is 24.0 Å². The number of rotatable bonds is 3. The van der Waals surface area contributed by atoms with Crippen LogP contribution in [0.25, 0.3) is 10.8 Å². The predicted molar refractivity (Wildman–Crippen MR) is 117 cm³/mol. The molecule has 30 heavy (non-hydrogen) atoms. The molecule has 0 spiro atoms. The van der Waals surface area contributed by atoms with Crippen molar-refractivity contribution in [2.24, 2.45) is 0 Å². The van der Waals surface area contributed by atoms with Crippen molar-refractivity contribution in [2.45, 2.75) is 19.9 Å². The molecule has 0 fully saturated rings. The number of phenolic OH excluding ortho intramolecular Hbond substituents is 1. The van der Waals surface area contributed by atoms with E-state index in [-0.39, 0.29) is 17.7 Å². The van der Waals surface area contributed by atoms with Crippen LogP contribution < -0.4 is 10.6 Å². The molecule has 3 N–H and O–H groups in total. The third-order valence-corrected chi connectivity index (χ3v) is 5.63. The Morgan fingerprint density at radius 2 is 1.73 bits per heavy atom. The third-order valence-electron chi connectivity index (χ3n) is 5.63. The molecule has 6 heteroatoms. The fourth-order valence-corrected chi connectivity index (χ4v) is 3.84. The van der Waals surface area contributed by atoms with Gasteiger partial charge in [-0.3, -0.25) is 4.79 Å². The van der Waals surface area contributed by atoms with Crippen LogP contribution in [0, 0.1) is 6.92 Å². The SMILES string of the molecule is CC1=C(C(=O)Nc2ccccc2C)[C@H](c2c(O)ccc3ccccc23)NC(=O)N1C. The Bertz CT molecular complexity index is 1200. The minimum absolute atomic E-state index is 0.0255. The van der Waals surface area contributed by atoms with Crippen molar-refractivity contribution in [1.82, 2.24) is 10.2 Å². The molecule has 0 unspecified atom stereocenters. The van der Waals surface area contributed by atoms with Gasteiger partial charge < -0.3 is 20.6 Å². The summed E-state index contributed by atoms with van der Waals surface area (Å²) in [5.74, 6) is -0.302. The van der Waals surface area contributed by atoms with Crippen molar-refractivity contribution in [1.29, 1.82) is 0 Å². The van der Waals surface area contributed by atoms with Crippen molar-refractivity contribution < 1.29 is 14.7 Å². The van der Waals surface area contributed by atoms with Crippen LogP contribution in [0.15, 0.2) is 71.9 Å². The molecule has 1 heterocycles. The number of allylic oxidation sites excluding steroid dienone is 1. The number of urea groups is 1. The molecule has 1 atom stereocenters. The van der Waals surface area contributed by atoms with Crippen LogP contribution in [0.2, 0.25) is 0 Å². The minimum Gasteiger partial charge on any atom is -0.508 e. The third kappa shape index (κ3) is 3.26. The largest absolute Gasteiger partial charge is 0.508 e. The van der Waals surface area contributed by atoms with E-state index in [4.69, 9.17) is 0 Å². The number of carbonyl (C=O) groups is 2. The first-order chi connectivity index (χ1) is 14.4. The van der Waals surface area contributed by atoms with Crippen molar-refractivity contribution in [3.63, 3.8) is 0 Å².